The molecule has 5 nitrogen and oxygen atoms in total. The van der Waals surface area contributed by atoms with Crippen molar-refractivity contribution in [3.63, 3.8) is 0 Å². The second-order valence-electron chi connectivity index (χ2n) is 4.84. The fourth-order valence-electron chi connectivity index (χ4n) is 1.84. The van der Waals surface area contributed by atoms with E-state index in [4.69, 9.17) is 0 Å². The lowest BCUT2D eigenvalue weighted by molar-refractivity contribution is -0.116. The number of unbranched alkanes of at least 4 members (excludes halogenated alkanes) is 1. The van der Waals surface area contributed by atoms with E-state index in [1.54, 1.807) is 0 Å². The molecule has 0 bridgehead atoms. The molecule has 0 heterocycles. The SMILES string of the molecule is CCCCS(=O)(=O)NCCN(C(C)=O)c1ccc(F)c(F)c1. The van der Waals surface area contributed by atoms with Crippen molar-refractivity contribution in [3.05, 3.63) is 29.8 Å². The van der Waals surface area contributed by atoms with Crippen LogP contribution >= 0.6 is 0 Å². The van der Waals surface area contributed by atoms with Gasteiger partial charge in [-0.2, -0.15) is 0 Å². The van der Waals surface area contributed by atoms with E-state index in [1.165, 1.54) is 17.9 Å². The molecule has 0 saturated carbocycles. The highest BCUT2D eigenvalue weighted by molar-refractivity contribution is 7.89. The van der Waals surface area contributed by atoms with E-state index in [9.17, 15) is 22.0 Å². The van der Waals surface area contributed by atoms with E-state index in [-0.39, 0.29) is 24.5 Å². The molecule has 0 unspecified atom stereocenters. The quantitative estimate of drug-likeness (QED) is 0.791. The lowest BCUT2D eigenvalue weighted by atomic mass is 10.2. The Morgan fingerprint density at radius 2 is 1.95 bits per heavy atom. The molecule has 124 valence electrons. The molecule has 0 aliphatic carbocycles. The molecule has 1 aromatic carbocycles. The van der Waals surface area contributed by atoms with E-state index in [1.807, 2.05) is 6.92 Å². The second-order valence-corrected chi connectivity index (χ2v) is 6.76. The number of rotatable bonds is 8. The third-order valence-corrected chi connectivity index (χ3v) is 4.49. The van der Waals surface area contributed by atoms with Gasteiger partial charge in [-0.3, -0.25) is 4.79 Å². The van der Waals surface area contributed by atoms with Gasteiger partial charge >= 0.3 is 0 Å². The molecule has 0 fully saturated rings. The van der Waals surface area contributed by atoms with E-state index in [2.05, 4.69) is 4.72 Å². The molecular formula is C14H20F2N2O3S. The average molecular weight is 334 g/mol. The summed E-state index contributed by atoms with van der Waals surface area (Å²) in [6, 6.07) is 3.10. The minimum Gasteiger partial charge on any atom is -0.311 e. The molecular weight excluding hydrogens is 314 g/mol. The van der Waals surface area contributed by atoms with Crippen LogP contribution in [-0.2, 0) is 14.8 Å². The summed E-state index contributed by atoms with van der Waals surface area (Å²) in [5.41, 5.74) is 0.180. The molecule has 0 spiro atoms. The number of carbonyl (C=O) groups excluding carboxylic acids is 1. The zero-order valence-electron chi connectivity index (χ0n) is 12.6. The number of nitrogens with zero attached hydrogens (tertiary/aromatic N) is 1. The van der Waals surface area contributed by atoms with Crippen LogP contribution in [0, 0.1) is 11.6 Å². The average Bonchev–Trinajstić information content (AvgIpc) is 2.44. The highest BCUT2D eigenvalue weighted by Gasteiger charge is 2.15. The highest BCUT2D eigenvalue weighted by atomic mass is 32.2. The lowest BCUT2D eigenvalue weighted by Crippen LogP contribution is -2.38. The van der Waals surface area contributed by atoms with Gasteiger partial charge < -0.3 is 4.90 Å². The Balaban J connectivity index is 2.70. The number of anilines is 1. The summed E-state index contributed by atoms with van der Waals surface area (Å²) in [6.45, 7) is 3.19. The predicted molar refractivity (Wildman–Crippen MR) is 81.1 cm³/mol. The molecule has 22 heavy (non-hydrogen) atoms. The number of amides is 1. The molecule has 0 aliphatic heterocycles. The number of halogens is 2. The van der Waals surface area contributed by atoms with Gasteiger partial charge in [0, 0.05) is 31.8 Å². The minimum absolute atomic E-state index is 0.00459. The van der Waals surface area contributed by atoms with Crippen molar-refractivity contribution in [2.75, 3.05) is 23.7 Å². The predicted octanol–water partition coefficient (Wildman–Crippen LogP) is 2.04. The maximum atomic E-state index is 13.2. The van der Waals surface area contributed by atoms with Crippen molar-refractivity contribution in [2.45, 2.75) is 26.7 Å². The highest BCUT2D eigenvalue weighted by Crippen LogP contribution is 2.17. The van der Waals surface area contributed by atoms with Crippen molar-refractivity contribution in [1.82, 2.24) is 4.72 Å². The molecule has 0 atom stereocenters. The molecule has 8 heteroatoms. The first-order chi connectivity index (χ1) is 10.3. The van der Waals surface area contributed by atoms with E-state index >= 15 is 0 Å². The minimum atomic E-state index is -3.38. The molecule has 0 aromatic heterocycles. The number of nitrogens with one attached hydrogen (secondary N) is 1. The van der Waals surface area contributed by atoms with Crippen LogP contribution in [0.25, 0.3) is 0 Å². The number of hydrogen-bond donors (Lipinski definition) is 1. The molecule has 1 aromatic rings. The molecule has 1 N–H and O–H groups in total. The van der Waals surface area contributed by atoms with Gasteiger partial charge in [0.25, 0.3) is 0 Å². The monoisotopic (exact) mass is 334 g/mol. The fraction of sp³-hybridized carbons (Fsp3) is 0.500. The van der Waals surface area contributed by atoms with Crippen LogP contribution < -0.4 is 9.62 Å². The van der Waals surface area contributed by atoms with Crippen LogP contribution in [0.1, 0.15) is 26.7 Å². The number of sulfonamides is 1. The Bertz CT molecular complexity index is 621. The Morgan fingerprint density at radius 3 is 2.50 bits per heavy atom. The Morgan fingerprint density at radius 1 is 1.27 bits per heavy atom. The van der Waals surface area contributed by atoms with Gasteiger partial charge in [-0.05, 0) is 18.6 Å². The molecule has 0 aliphatic rings. The fourth-order valence-corrected chi connectivity index (χ4v) is 3.06. The maximum Gasteiger partial charge on any atom is 0.223 e. The van der Waals surface area contributed by atoms with Gasteiger partial charge in [0.05, 0.1) is 5.75 Å². The third kappa shape index (κ3) is 5.69. The van der Waals surface area contributed by atoms with Crippen LogP contribution in [-0.4, -0.2) is 33.2 Å². The van der Waals surface area contributed by atoms with Crippen LogP contribution in [0.2, 0.25) is 0 Å². The molecule has 0 saturated heterocycles. The van der Waals surface area contributed by atoms with Gasteiger partial charge in [0.1, 0.15) is 0 Å². The third-order valence-electron chi connectivity index (χ3n) is 3.02. The van der Waals surface area contributed by atoms with Gasteiger partial charge in [0.2, 0.25) is 15.9 Å². The van der Waals surface area contributed by atoms with E-state index in [0.717, 1.165) is 18.6 Å². The van der Waals surface area contributed by atoms with Gasteiger partial charge in [-0.15, -0.1) is 0 Å². The lowest BCUT2D eigenvalue weighted by Gasteiger charge is -2.21. The second kappa shape index (κ2) is 8.19. The summed E-state index contributed by atoms with van der Waals surface area (Å²) in [7, 11) is -3.38. The summed E-state index contributed by atoms with van der Waals surface area (Å²) in [5, 5.41) is 0. The topological polar surface area (TPSA) is 66.5 Å². The number of benzene rings is 1. The van der Waals surface area contributed by atoms with Crippen LogP contribution in [0.15, 0.2) is 18.2 Å². The first-order valence-electron chi connectivity index (χ1n) is 6.97. The largest absolute Gasteiger partial charge is 0.311 e. The molecule has 1 amide bonds. The van der Waals surface area contributed by atoms with E-state index < -0.39 is 27.6 Å². The van der Waals surface area contributed by atoms with Gasteiger partial charge in [-0.25, -0.2) is 21.9 Å². The van der Waals surface area contributed by atoms with Crippen LogP contribution in [0.5, 0.6) is 0 Å². The Labute approximate surface area is 129 Å². The Kier molecular flexibility index (Phi) is 6.89. The van der Waals surface area contributed by atoms with Crippen LogP contribution in [0.4, 0.5) is 14.5 Å². The normalized spacial score (nSPS) is 11.5. The van der Waals surface area contributed by atoms with Gasteiger partial charge in [0.15, 0.2) is 11.6 Å². The summed E-state index contributed by atoms with van der Waals surface area (Å²) in [4.78, 5) is 12.8. The number of carbonyl (C=O) groups is 1. The van der Waals surface area contributed by atoms with Crippen molar-refractivity contribution in [1.29, 1.82) is 0 Å². The standard InChI is InChI=1S/C14H20F2N2O3S/c1-3-4-9-22(20,21)17-7-8-18(11(2)19)12-5-6-13(15)14(16)10-12/h5-6,10,17H,3-4,7-9H2,1-2H3. The Hall–Kier alpha value is -1.54. The van der Waals surface area contributed by atoms with Crippen molar-refractivity contribution in [2.24, 2.45) is 0 Å². The maximum absolute atomic E-state index is 13.2. The van der Waals surface area contributed by atoms with Crippen molar-refractivity contribution >= 4 is 21.6 Å². The zero-order valence-corrected chi connectivity index (χ0v) is 13.4. The number of hydrogen-bond acceptors (Lipinski definition) is 3. The zero-order chi connectivity index (χ0) is 16.8. The first kappa shape index (κ1) is 18.5. The summed E-state index contributed by atoms with van der Waals surface area (Å²) in [6.07, 6.45) is 1.31. The first-order valence-corrected chi connectivity index (χ1v) is 8.62. The van der Waals surface area contributed by atoms with Crippen molar-refractivity contribution < 1.29 is 22.0 Å². The molecule has 0 radical (unpaired) electrons. The van der Waals surface area contributed by atoms with Gasteiger partial charge in [-0.1, -0.05) is 13.3 Å². The summed E-state index contributed by atoms with van der Waals surface area (Å²) < 4.78 is 51.8. The summed E-state index contributed by atoms with van der Waals surface area (Å²) >= 11 is 0. The smallest absolute Gasteiger partial charge is 0.223 e. The summed E-state index contributed by atoms with van der Waals surface area (Å²) in [5.74, 6) is -2.44. The van der Waals surface area contributed by atoms with Crippen molar-refractivity contribution in [3.8, 4) is 0 Å². The van der Waals surface area contributed by atoms with Crippen LogP contribution in [0.3, 0.4) is 0 Å². The molecule has 1 rings (SSSR count). The van der Waals surface area contributed by atoms with E-state index in [0.29, 0.717) is 6.42 Å².